The molecule has 1 amide bonds. The van der Waals surface area contributed by atoms with Crippen LogP contribution in [0.1, 0.15) is 55.5 Å². The number of aromatic nitrogens is 2. The molecule has 0 spiro atoms. The van der Waals surface area contributed by atoms with Crippen LogP contribution in [0.3, 0.4) is 0 Å². The minimum atomic E-state index is -0.994. The van der Waals surface area contributed by atoms with Gasteiger partial charge < -0.3 is 19.3 Å². The molecule has 2 atom stereocenters. The molecular weight excluding hydrogens is 659 g/mol. The van der Waals surface area contributed by atoms with Gasteiger partial charge in [0.05, 0.1) is 24.8 Å². The molecule has 0 aliphatic carbocycles. The van der Waals surface area contributed by atoms with Crippen LogP contribution in [-0.2, 0) is 21.8 Å². The molecule has 1 N–H and O–H groups in total. The predicted molar refractivity (Wildman–Crippen MR) is 192 cm³/mol. The van der Waals surface area contributed by atoms with Gasteiger partial charge in [-0.1, -0.05) is 78.6 Å². The van der Waals surface area contributed by atoms with Crippen LogP contribution in [-0.4, -0.2) is 46.3 Å². The molecule has 11 heteroatoms. The SMILES string of the molecule is CCCOc1ccc(C2/C(=C(\O)c3ccc4c(c3)CC(C)O4)C(=O)C(=O)N2c2nnc(SCc3cccc4ccccc34)s2)cc1OCC. The van der Waals surface area contributed by atoms with Gasteiger partial charge in [0.2, 0.25) is 5.13 Å². The first kappa shape index (κ1) is 32.7. The van der Waals surface area contributed by atoms with E-state index in [-0.39, 0.29) is 22.6 Å². The van der Waals surface area contributed by atoms with Crippen LogP contribution in [0.4, 0.5) is 5.13 Å². The average molecular weight is 694 g/mol. The number of nitrogens with zero attached hydrogens (tertiary/aromatic N) is 3. The van der Waals surface area contributed by atoms with E-state index in [1.54, 1.807) is 30.3 Å². The summed E-state index contributed by atoms with van der Waals surface area (Å²) in [5, 5.41) is 23.2. The van der Waals surface area contributed by atoms with Gasteiger partial charge in [-0.3, -0.25) is 14.5 Å². The molecule has 2 aliphatic heterocycles. The molecule has 250 valence electrons. The van der Waals surface area contributed by atoms with Crippen LogP contribution in [0.2, 0.25) is 0 Å². The maximum absolute atomic E-state index is 13.9. The molecule has 4 aromatic carbocycles. The number of thioether (sulfide) groups is 1. The van der Waals surface area contributed by atoms with E-state index in [1.165, 1.54) is 28.0 Å². The molecule has 1 aromatic heterocycles. The van der Waals surface area contributed by atoms with Crippen molar-refractivity contribution in [3.63, 3.8) is 0 Å². The average Bonchev–Trinajstić information content (AvgIpc) is 3.81. The van der Waals surface area contributed by atoms with E-state index >= 15 is 0 Å². The van der Waals surface area contributed by atoms with Crippen LogP contribution in [0.25, 0.3) is 16.5 Å². The van der Waals surface area contributed by atoms with Gasteiger partial charge in [-0.15, -0.1) is 10.2 Å². The van der Waals surface area contributed by atoms with Gasteiger partial charge in [0.25, 0.3) is 5.78 Å². The third kappa shape index (κ3) is 6.36. The molecule has 7 rings (SSSR count). The summed E-state index contributed by atoms with van der Waals surface area (Å²) in [5.41, 5.74) is 3.03. The monoisotopic (exact) mass is 693 g/mol. The van der Waals surface area contributed by atoms with Gasteiger partial charge in [-0.25, -0.2) is 0 Å². The van der Waals surface area contributed by atoms with Crippen molar-refractivity contribution in [2.45, 2.75) is 55.9 Å². The number of hydrogen-bond donors (Lipinski definition) is 1. The van der Waals surface area contributed by atoms with Gasteiger partial charge in [-0.2, -0.15) is 0 Å². The van der Waals surface area contributed by atoms with Crippen LogP contribution in [0, 0.1) is 0 Å². The van der Waals surface area contributed by atoms with Crippen molar-refractivity contribution in [2.75, 3.05) is 18.1 Å². The van der Waals surface area contributed by atoms with Crippen molar-refractivity contribution in [3.8, 4) is 17.2 Å². The van der Waals surface area contributed by atoms with Gasteiger partial charge in [0.1, 0.15) is 17.6 Å². The first-order chi connectivity index (χ1) is 23.9. The summed E-state index contributed by atoms with van der Waals surface area (Å²) in [4.78, 5) is 29.1. The molecule has 9 nitrogen and oxygen atoms in total. The Kier molecular flexibility index (Phi) is 9.29. The zero-order valence-corrected chi connectivity index (χ0v) is 29.0. The van der Waals surface area contributed by atoms with Crippen molar-refractivity contribution in [3.05, 3.63) is 107 Å². The van der Waals surface area contributed by atoms with E-state index in [0.29, 0.717) is 52.4 Å². The third-order valence-electron chi connectivity index (χ3n) is 8.49. The van der Waals surface area contributed by atoms with Gasteiger partial charge in [0, 0.05) is 17.7 Å². The van der Waals surface area contributed by atoms with Crippen LogP contribution >= 0.6 is 23.1 Å². The summed E-state index contributed by atoms with van der Waals surface area (Å²) >= 11 is 2.74. The Bertz CT molecular complexity index is 2090. The highest BCUT2D eigenvalue weighted by atomic mass is 32.2. The number of carbonyl (C=O) groups is 2. The summed E-state index contributed by atoms with van der Waals surface area (Å²) in [6.07, 6.45) is 1.50. The van der Waals surface area contributed by atoms with E-state index in [0.717, 1.165) is 34.1 Å². The molecule has 0 saturated carbocycles. The second kappa shape index (κ2) is 13.9. The number of ketones is 1. The standard InChI is InChI=1S/C38H35N3O6S2/c1-4-17-46-30-16-13-24(20-31(30)45-5-2)33-32(34(42)25-14-15-29-27(19-25)18-22(3)47-29)35(43)36(44)41(33)37-39-40-38(49-37)48-21-26-11-8-10-23-9-6-7-12-28(23)26/h6-16,19-20,22,33,42H,4-5,17-18,21H2,1-3H3/b34-32+. The van der Waals surface area contributed by atoms with E-state index in [2.05, 4.69) is 34.5 Å². The number of aliphatic hydroxyl groups excluding tert-OH is 1. The number of hydrogen-bond acceptors (Lipinski definition) is 10. The first-order valence-corrected chi connectivity index (χ1v) is 18.1. The number of carbonyl (C=O) groups excluding carboxylic acids is 2. The zero-order chi connectivity index (χ0) is 34.1. The van der Waals surface area contributed by atoms with E-state index in [9.17, 15) is 14.7 Å². The topological polar surface area (TPSA) is 111 Å². The molecule has 49 heavy (non-hydrogen) atoms. The summed E-state index contributed by atoms with van der Waals surface area (Å²) in [7, 11) is 0. The second-order valence-electron chi connectivity index (χ2n) is 11.9. The zero-order valence-electron chi connectivity index (χ0n) is 27.3. The minimum Gasteiger partial charge on any atom is -0.507 e. The quantitative estimate of drug-likeness (QED) is 0.0482. The number of Topliss-reactive ketones (excluding diaryl/α,β-unsaturated/α-hetero) is 1. The lowest BCUT2D eigenvalue weighted by Crippen LogP contribution is -2.29. The Morgan fingerprint density at radius 2 is 1.84 bits per heavy atom. The van der Waals surface area contributed by atoms with Gasteiger partial charge in [0.15, 0.2) is 15.8 Å². The fourth-order valence-electron chi connectivity index (χ4n) is 6.28. The Balaban J connectivity index is 1.28. The van der Waals surface area contributed by atoms with Gasteiger partial charge in [-0.05, 0) is 78.1 Å². The maximum atomic E-state index is 13.9. The lowest BCUT2D eigenvalue weighted by molar-refractivity contribution is -0.132. The molecule has 5 aromatic rings. The normalized spacial score (nSPS) is 18.1. The lowest BCUT2D eigenvalue weighted by atomic mass is 9.94. The Labute approximate surface area is 292 Å². The number of amides is 1. The molecule has 1 saturated heterocycles. The van der Waals surface area contributed by atoms with Crippen molar-refractivity contribution < 1.29 is 28.9 Å². The number of anilines is 1. The molecule has 2 unspecified atom stereocenters. The fraction of sp³-hybridized carbons (Fsp3) is 0.263. The number of rotatable bonds is 11. The Morgan fingerprint density at radius 1 is 1.00 bits per heavy atom. The second-order valence-corrected chi connectivity index (χ2v) is 14.1. The molecule has 1 fully saturated rings. The highest BCUT2D eigenvalue weighted by molar-refractivity contribution is 8.00. The lowest BCUT2D eigenvalue weighted by Gasteiger charge is -2.23. The summed E-state index contributed by atoms with van der Waals surface area (Å²) < 4.78 is 18.4. The third-order valence-corrected chi connectivity index (χ3v) is 10.6. The fourth-order valence-corrected chi connectivity index (χ4v) is 8.15. The largest absolute Gasteiger partial charge is 0.507 e. The summed E-state index contributed by atoms with van der Waals surface area (Å²) in [6, 6.07) is 24.1. The van der Waals surface area contributed by atoms with Gasteiger partial charge >= 0.3 is 5.91 Å². The predicted octanol–water partition coefficient (Wildman–Crippen LogP) is 8.12. The van der Waals surface area contributed by atoms with E-state index in [4.69, 9.17) is 14.2 Å². The van der Waals surface area contributed by atoms with E-state index < -0.39 is 17.7 Å². The Morgan fingerprint density at radius 3 is 2.67 bits per heavy atom. The number of benzene rings is 4. The molecule has 0 bridgehead atoms. The molecule has 3 heterocycles. The van der Waals surface area contributed by atoms with Crippen molar-refractivity contribution in [2.24, 2.45) is 0 Å². The molecule has 0 radical (unpaired) electrons. The maximum Gasteiger partial charge on any atom is 0.301 e. The summed E-state index contributed by atoms with van der Waals surface area (Å²) in [5.74, 6) is 0.551. The summed E-state index contributed by atoms with van der Waals surface area (Å²) in [6.45, 7) is 6.76. The smallest absolute Gasteiger partial charge is 0.301 e. The van der Waals surface area contributed by atoms with Crippen LogP contribution in [0.5, 0.6) is 17.2 Å². The number of aliphatic hydroxyl groups is 1. The van der Waals surface area contributed by atoms with Crippen LogP contribution in [0.15, 0.2) is 88.8 Å². The van der Waals surface area contributed by atoms with Crippen molar-refractivity contribution >= 4 is 56.5 Å². The first-order valence-electron chi connectivity index (χ1n) is 16.3. The highest BCUT2D eigenvalue weighted by Gasteiger charge is 2.48. The number of fused-ring (bicyclic) bond motifs is 2. The van der Waals surface area contributed by atoms with E-state index in [1.807, 2.05) is 45.0 Å². The highest BCUT2D eigenvalue weighted by Crippen LogP contribution is 2.46. The van der Waals surface area contributed by atoms with Crippen molar-refractivity contribution in [1.82, 2.24) is 10.2 Å². The molecular formula is C38H35N3O6S2. The Hall–Kier alpha value is -4.87. The van der Waals surface area contributed by atoms with Crippen molar-refractivity contribution in [1.29, 1.82) is 0 Å². The van der Waals surface area contributed by atoms with Crippen LogP contribution < -0.4 is 19.1 Å². The molecule has 2 aliphatic rings. The minimum absolute atomic E-state index is 0.00786. The number of ether oxygens (including phenoxy) is 3.